The minimum atomic E-state index is -3.53. The number of pyridine rings is 1. The van der Waals surface area contributed by atoms with Crippen LogP contribution in [0, 0.1) is 12.8 Å². The predicted octanol–water partition coefficient (Wildman–Crippen LogP) is 5.50. The number of benzene rings is 2. The lowest BCUT2D eigenvalue weighted by Crippen LogP contribution is -2.29. The second kappa shape index (κ2) is 13.0. The van der Waals surface area contributed by atoms with Gasteiger partial charge in [0.05, 0.1) is 10.1 Å². The molecule has 2 aromatic heterocycles. The number of fused-ring (bicyclic) bond motifs is 1. The molecule has 2 aromatic carbocycles. The zero-order valence-corrected chi connectivity index (χ0v) is 27.0. The molecule has 2 aliphatic heterocycles. The molecule has 0 bridgehead atoms. The lowest BCUT2D eigenvalue weighted by atomic mass is 9.98. The van der Waals surface area contributed by atoms with E-state index >= 15 is 0 Å². The summed E-state index contributed by atoms with van der Waals surface area (Å²) < 4.78 is 33.6. The number of thioether (sulfide) groups is 1. The molecule has 2 aliphatic rings. The van der Waals surface area contributed by atoms with Gasteiger partial charge in [-0.3, -0.25) is 9.36 Å². The van der Waals surface area contributed by atoms with Gasteiger partial charge in [0.2, 0.25) is 5.95 Å². The Hall–Kier alpha value is -3.25. The van der Waals surface area contributed by atoms with Crippen LogP contribution in [0.5, 0.6) is 0 Å². The van der Waals surface area contributed by atoms with Crippen LogP contribution in [-0.4, -0.2) is 60.3 Å². The largest absolute Gasteiger partial charge is 0.381 e. The number of hydrogen-bond acceptors (Lipinski definition) is 9. The van der Waals surface area contributed by atoms with E-state index in [9.17, 15) is 13.2 Å². The van der Waals surface area contributed by atoms with Crippen molar-refractivity contribution < 1.29 is 13.2 Å². The van der Waals surface area contributed by atoms with E-state index in [1.807, 2.05) is 30.0 Å². The quantitative estimate of drug-likeness (QED) is 0.260. The van der Waals surface area contributed by atoms with Crippen LogP contribution in [0.3, 0.4) is 0 Å². The molecular weight excluding hydrogens is 595 g/mol. The highest BCUT2D eigenvalue weighted by Gasteiger charge is 2.25. The van der Waals surface area contributed by atoms with E-state index in [0.717, 1.165) is 37.4 Å². The van der Waals surface area contributed by atoms with Gasteiger partial charge in [0.1, 0.15) is 5.65 Å². The van der Waals surface area contributed by atoms with Crippen LogP contribution in [0.15, 0.2) is 64.4 Å². The molecule has 0 amide bonds. The first-order valence-corrected chi connectivity index (χ1v) is 17.8. The van der Waals surface area contributed by atoms with Crippen molar-refractivity contribution in [2.24, 2.45) is 5.92 Å². The first kappa shape index (κ1) is 30.8. The molecular formula is C33H39N5O4S2. The molecule has 0 radical (unpaired) electrons. The molecule has 6 rings (SSSR count). The van der Waals surface area contributed by atoms with E-state index in [1.54, 1.807) is 49.7 Å². The van der Waals surface area contributed by atoms with Gasteiger partial charge in [-0.05, 0) is 80.5 Å². The van der Waals surface area contributed by atoms with Crippen LogP contribution >= 0.6 is 11.8 Å². The Morgan fingerprint density at radius 1 is 1.11 bits per heavy atom. The summed E-state index contributed by atoms with van der Waals surface area (Å²) in [6.45, 7) is 8.95. The monoisotopic (exact) mass is 633 g/mol. The van der Waals surface area contributed by atoms with E-state index in [0.29, 0.717) is 58.7 Å². The number of hydrogen-bond donors (Lipinski definition) is 2. The van der Waals surface area contributed by atoms with Gasteiger partial charge < -0.3 is 15.4 Å². The van der Waals surface area contributed by atoms with Gasteiger partial charge in [0.25, 0.3) is 5.56 Å². The summed E-state index contributed by atoms with van der Waals surface area (Å²) >= 11 is 1.97. The number of sulfone groups is 1. The van der Waals surface area contributed by atoms with Gasteiger partial charge in [-0.25, -0.2) is 13.4 Å². The minimum absolute atomic E-state index is 0.196. The first-order chi connectivity index (χ1) is 21.2. The zero-order chi connectivity index (χ0) is 30.8. The fraction of sp³-hybridized carbons (Fsp3) is 0.424. The summed E-state index contributed by atoms with van der Waals surface area (Å²) in [7, 11) is -3.53. The van der Waals surface area contributed by atoms with E-state index in [4.69, 9.17) is 9.72 Å². The van der Waals surface area contributed by atoms with Crippen LogP contribution in [0.2, 0.25) is 0 Å². The summed E-state index contributed by atoms with van der Waals surface area (Å²) in [6.07, 6.45) is 3.45. The molecule has 1 atom stereocenters. The fourth-order valence-corrected chi connectivity index (χ4v) is 8.37. The maximum absolute atomic E-state index is 14.3. The Kier molecular flexibility index (Phi) is 9.09. The second-order valence-corrected chi connectivity index (χ2v) is 15.6. The Balaban J connectivity index is 1.40. The van der Waals surface area contributed by atoms with Gasteiger partial charge in [-0.15, -0.1) is 0 Å². The molecule has 44 heavy (non-hydrogen) atoms. The lowest BCUT2D eigenvalue weighted by Gasteiger charge is -2.24. The zero-order valence-electron chi connectivity index (χ0n) is 25.4. The topological polar surface area (TPSA) is 115 Å². The van der Waals surface area contributed by atoms with Crippen molar-refractivity contribution in [2.75, 3.05) is 37.4 Å². The van der Waals surface area contributed by atoms with Crippen LogP contribution in [-0.2, 0) is 21.1 Å². The average molecular weight is 634 g/mol. The van der Waals surface area contributed by atoms with Gasteiger partial charge in [0, 0.05) is 66.7 Å². The summed E-state index contributed by atoms with van der Waals surface area (Å²) in [5, 5.41) is 7.36. The van der Waals surface area contributed by atoms with Gasteiger partial charge >= 0.3 is 0 Å². The summed E-state index contributed by atoms with van der Waals surface area (Å²) in [5.74, 6) is 1.78. The van der Waals surface area contributed by atoms with Gasteiger partial charge in [0.15, 0.2) is 9.84 Å². The molecule has 9 nitrogen and oxygen atoms in total. The normalized spacial score (nSPS) is 18.1. The third kappa shape index (κ3) is 6.28. The molecule has 11 heteroatoms. The Morgan fingerprint density at radius 3 is 2.59 bits per heavy atom. The number of aromatic nitrogens is 3. The van der Waals surface area contributed by atoms with Crippen molar-refractivity contribution >= 4 is 44.3 Å². The first-order valence-electron chi connectivity index (χ1n) is 15.2. The molecule has 2 saturated heterocycles. The molecule has 4 heterocycles. The maximum Gasteiger partial charge on any atom is 0.260 e. The van der Waals surface area contributed by atoms with Gasteiger partial charge in [-0.2, -0.15) is 16.7 Å². The SMILES string of the molecule is Cc1c(-c2cc3cnc(Nc4ccc(C5CNCCS5)cc4)nc3n(CC3CCOCC3)c2=O)cccc1S(=O)(=O)C(C)C. The van der Waals surface area contributed by atoms with Crippen LogP contribution < -0.4 is 16.2 Å². The molecule has 1 unspecified atom stereocenters. The molecule has 0 spiro atoms. The Morgan fingerprint density at radius 2 is 1.89 bits per heavy atom. The smallest absolute Gasteiger partial charge is 0.260 e. The second-order valence-electron chi connectivity index (χ2n) is 11.8. The van der Waals surface area contributed by atoms with E-state index in [1.165, 1.54) is 5.56 Å². The number of ether oxygens (including phenoxy) is 1. The highest BCUT2D eigenvalue weighted by atomic mass is 32.2. The average Bonchev–Trinajstić information content (AvgIpc) is 3.04. The molecule has 2 fully saturated rings. The highest BCUT2D eigenvalue weighted by molar-refractivity contribution is 7.99. The van der Waals surface area contributed by atoms with Crippen LogP contribution in [0.25, 0.3) is 22.2 Å². The lowest BCUT2D eigenvalue weighted by molar-refractivity contribution is 0.0613. The molecule has 232 valence electrons. The Labute approximate surface area is 262 Å². The Bertz CT molecular complexity index is 1810. The minimum Gasteiger partial charge on any atom is -0.381 e. The van der Waals surface area contributed by atoms with E-state index < -0.39 is 15.1 Å². The highest BCUT2D eigenvalue weighted by Crippen LogP contribution is 2.32. The molecule has 2 N–H and O–H groups in total. The number of rotatable bonds is 8. The molecule has 0 saturated carbocycles. The molecule has 4 aromatic rings. The standard InChI is InChI=1S/C33H39N5O4S2/c1-21(2)44(40,41)30-6-4-5-27(22(30)3)28-17-25-18-35-33(36-26-9-7-24(8-10-26)29-19-34-13-16-43-29)37-31(25)38(32(28)39)20-23-11-14-42-15-12-23/h4-10,17-18,21,23,29,34H,11-16,19-20H2,1-3H3,(H,35,36,37). The number of anilines is 2. The van der Waals surface area contributed by atoms with Crippen LogP contribution in [0.4, 0.5) is 11.6 Å². The summed E-state index contributed by atoms with van der Waals surface area (Å²) in [4.78, 5) is 24.0. The summed E-state index contributed by atoms with van der Waals surface area (Å²) in [5.41, 5.74) is 4.12. The fourth-order valence-electron chi connectivity index (χ4n) is 5.93. The number of nitrogens with one attached hydrogen (secondary N) is 2. The van der Waals surface area contributed by atoms with Crippen LogP contribution in [0.1, 0.15) is 43.1 Å². The predicted molar refractivity (Wildman–Crippen MR) is 178 cm³/mol. The third-order valence-electron chi connectivity index (χ3n) is 8.58. The maximum atomic E-state index is 14.3. The molecule has 0 aliphatic carbocycles. The summed E-state index contributed by atoms with van der Waals surface area (Å²) in [6, 6.07) is 15.3. The van der Waals surface area contributed by atoms with Crippen molar-refractivity contribution in [1.29, 1.82) is 0 Å². The van der Waals surface area contributed by atoms with E-state index in [-0.39, 0.29) is 16.4 Å². The van der Waals surface area contributed by atoms with Crippen molar-refractivity contribution in [1.82, 2.24) is 19.9 Å². The van der Waals surface area contributed by atoms with Crippen molar-refractivity contribution in [3.05, 3.63) is 76.2 Å². The van der Waals surface area contributed by atoms with Crippen molar-refractivity contribution in [2.45, 2.75) is 55.6 Å². The van der Waals surface area contributed by atoms with Crippen molar-refractivity contribution in [3.63, 3.8) is 0 Å². The third-order valence-corrected chi connectivity index (χ3v) is 12.2. The number of nitrogens with zero attached hydrogens (tertiary/aromatic N) is 3. The van der Waals surface area contributed by atoms with Crippen molar-refractivity contribution in [3.8, 4) is 11.1 Å². The van der Waals surface area contributed by atoms with E-state index in [2.05, 4.69) is 27.8 Å². The van der Waals surface area contributed by atoms with Gasteiger partial charge in [-0.1, -0.05) is 24.3 Å².